The smallest absolute Gasteiger partial charge is 0.284 e. The fourth-order valence-corrected chi connectivity index (χ4v) is 2.92. The molecule has 22 heavy (non-hydrogen) atoms. The zero-order valence-corrected chi connectivity index (χ0v) is 13.8. The standard InChI is InChI=1S/C16H20F2NO2P/c1-3-15(4-2)9-10(7-14(19)20)12-6-5-11(16(17,18)22)8-13(12)21-15/h5-8H,3-4,9,22H2,1-2H3,(H2,19,20)/b10-7+. The number of carbonyl (C=O) groups is 1. The summed E-state index contributed by atoms with van der Waals surface area (Å²) in [5.41, 5.74) is 2.99. The Kier molecular flexibility index (Phi) is 4.57. The fraction of sp³-hybridized carbons (Fsp3) is 0.438. The van der Waals surface area contributed by atoms with Gasteiger partial charge in [0.2, 0.25) is 5.91 Å². The van der Waals surface area contributed by atoms with Crippen LogP contribution in [0.1, 0.15) is 44.2 Å². The van der Waals surface area contributed by atoms with E-state index in [-0.39, 0.29) is 5.56 Å². The van der Waals surface area contributed by atoms with E-state index in [0.717, 1.165) is 5.57 Å². The summed E-state index contributed by atoms with van der Waals surface area (Å²) >= 11 is 0. The number of hydrogen-bond donors (Lipinski definition) is 1. The number of alkyl halides is 2. The average Bonchev–Trinajstić information content (AvgIpc) is 2.44. The molecule has 3 nitrogen and oxygen atoms in total. The minimum absolute atomic E-state index is 0.141. The van der Waals surface area contributed by atoms with Gasteiger partial charge < -0.3 is 10.5 Å². The first-order chi connectivity index (χ1) is 10.2. The summed E-state index contributed by atoms with van der Waals surface area (Å²) in [4.78, 5) is 11.3. The van der Waals surface area contributed by atoms with E-state index in [0.29, 0.717) is 30.6 Å². The second-order valence-corrected chi connectivity index (χ2v) is 6.30. The predicted octanol–water partition coefficient (Wildman–Crippen LogP) is 3.82. The highest BCUT2D eigenvalue weighted by Crippen LogP contribution is 2.46. The Morgan fingerprint density at radius 1 is 1.45 bits per heavy atom. The Balaban J connectivity index is 2.58. The van der Waals surface area contributed by atoms with Crippen molar-refractivity contribution in [3.63, 3.8) is 0 Å². The molecule has 0 aliphatic carbocycles. The number of amides is 1. The third-order valence-electron chi connectivity index (χ3n) is 4.16. The number of benzene rings is 1. The molecule has 1 aromatic carbocycles. The van der Waals surface area contributed by atoms with Gasteiger partial charge in [-0.1, -0.05) is 35.2 Å². The second kappa shape index (κ2) is 5.96. The number of ether oxygens (including phenoxy) is 1. The first-order valence-corrected chi connectivity index (χ1v) is 7.79. The van der Waals surface area contributed by atoms with Gasteiger partial charge in [0, 0.05) is 23.6 Å². The van der Waals surface area contributed by atoms with Gasteiger partial charge >= 0.3 is 0 Å². The molecular weight excluding hydrogens is 307 g/mol. The Bertz CT molecular complexity index is 619. The summed E-state index contributed by atoms with van der Waals surface area (Å²) < 4.78 is 33.0. The van der Waals surface area contributed by atoms with E-state index in [1.165, 1.54) is 27.4 Å². The van der Waals surface area contributed by atoms with Crippen LogP contribution in [0.3, 0.4) is 0 Å². The maximum Gasteiger partial charge on any atom is 0.284 e. The van der Waals surface area contributed by atoms with Crippen LogP contribution in [0.5, 0.6) is 5.75 Å². The molecule has 0 aromatic heterocycles. The van der Waals surface area contributed by atoms with E-state index in [1.54, 1.807) is 6.07 Å². The van der Waals surface area contributed by atoms with Crippen LogP contribution in [0.15, 0.2) is 24.3 Å². The van der Waals surface area contributed by atoms with Crippen molar-refractivity contribution in [1.29, 1.82) is 0 Å². The van der Waals surface area contributed by atoms with E-state index < -0.39 is 17.2 Å². The molecule has 1 unspecified atom stereocenters. The summed E-state index contributed by atoms with van der Waals surface area (Å²) in [6.07, 6.45) is 3.31. The van der Waals surface area contributed by atoms with Crippen molar-refractivity contribution >= 4 is 20.7 Å². The van der Waals surface area contributed by atoms with E-state index in [2.05, 4.69) is 0 Å². The molecule has 1 atom stereocenters. The molecule has 1 aliphatic heterocycles. The molecule has 0 saturated heterocycles. The monoisotopic (exact) mass is 327 g/mol. The SMILES string of the molecule is CCC1(CC)C/C(=C\C(N)=O)c2ccc(C(F)(F)P)cc2O1. The highest BCUT2D eigenvalue weighted by molar-refractivity contribution is 7.17. The van der Waals surface area contributed by atoms with Crippen LogP contribution in [-0.4, -0.2) is 11.5 Å². The third kappa shape index (κ3) is 3.30. The lowest BCUT2D eigenvalue weighted by Gasteiger charge is -2.39. The highest BCUT2D eigenvalue weighted by Gasteiger charge is 2.37. The van der Waals surface area contributed by atoms with Gasteiger partial charge in [-0.05, 0) is 24.5 Å². The average molecular weight is 327 g/mol. The molecule has 6 heteroatoms. The van der Waals surface area contributed by atoms with Crippen LogP contribution in [0.2, 0.25) is 0 Å². The Labute approximate surface area is 131 Å². The Hall–Kier alpha value is -1.48. The second-order valence-electron chi connectivity index (χ2n) is 5.57. The topological polar surface area (TPSA) is 52.3 Å². The number of carbonyl (C=O) groups excluding carboxylic acids is 1. The normalized spacial score (nSPS) is 18.7. The number of rotatable bonds is 4. The van der Waals surface area contributed by atoms with Crippen molar-refractivity contribution < 1.29 is 18.3 Å². The largest absolute Gasteiger partial charge is 0.486 e. The van der Waals surface area contributed by atoms with Gasteiger partial charge in [0.05, 0.1) is 0 Å². The quantitative estimate of drug-likeness (QED) is 0.675. The highest BCUT2D eigenvalue weighted by atomic mass is 31.0. The van der Waals surface area contributed by atoms with Gasteiger partial charge in [-0.3, -0.25) is 4.79 Å². The van der Waals surface area contributed by atoms with E-state index in [4.69, 9.17) is 10.5 Å². The van der Waals surface area contributed by atoms with Crippen molar-refractivity contribution in [2.24, 2.45) is 5.73 Å². The number of nitrogens with two attached hydrogens (primary N) is 1. The van der Waals surface area contributed by atoms with Crippen LogP contribution in [0.4, 0.5) is 8.78 Å². The van der Waals surface area contributed by atoms with Crippen LogP contribution < -0.4 is 10.5 Å². The minimum Gasteiger partial charge on any atom is -0.486 e. The van der Waals surface area contributed by atoms with Gasteiger partial charge in [0.15, 0.2) is 0 Å². The molecule has 1 amide bonds. The zero-order valence-electron chi connectivity index (χ0n) is 12.7. The Morgan fingerprint density at radius 3 is 2.59 bits per heavy atom. The molecule has 1 aromatic rings. The first-order valence-electron chi connectivity index (χ1n) is 7.21. The molecule has 0 fully saturated rings. The van der Waals surface area contributed by atoms with Crippen LogP contribution in [0, 0.1) is 0 Å². The molecule has 0 spiro atoms. The molecular formula is C16H20F2NO2P. The van der Waals surface area contributed by atoms with Crippen molar-refractivity contribution in [3.8, 4) is 5.75 Å². The molecule has 2 N–H and O–H groups in total. The van der Waals surface area contributed by atoms with Gasteiger partial charge in [-0.25, -0.2) is 0 Å². The number of fused-ring (bicyclic) bond motifs is 1. The maximum absolute atomic E-state index is 13.5. The summed E-state index contributed by atoms with van der Waals surface area (Å²) in [5.74, 6) is -0.175. The maximum atomic E-state index is 13.5. The predicted molar refractivity (Wildman–Crippen MR) is 85.8 cm³/mol. The third-order valence-corrected chi connectivity index (χ3v) is 4.49. The summed E-state index contributed by atoms with van der Waals surface area (Å²) in [6.45, 7) is 3.95. The minimum atomic E-state index is -3.02. The van der Waals surface area contributed by atoms with E-state index >= 15 is 0 Å². The van der Waals surface area contributed by atoms with Crippen molar-refractivity contribution in [2.75, 3.05) is 0 Å². The molecule has 1 aliphatic rings. The van der Waals surface area contributed by atoms with Gasteiger partial charge in [-0.15, -0.1) is 0 Å². The molecule has 0 saturated carbocycles. The number of halogens is 2. The molecule has 0 radical (unpaired) electrons. The van der Waals surface area contributed by atoms with Crippen molar-refractivity contribution in [2.45, 2.75) is 44.4 Å². The van der Waals surface area contributed by atoms with E-state index in [9.17, 15) is 13.6 Å². The first kappa shape index (κ1) is 16.9. The van der Waals surface area contributed by atoms with E-state index in [1.807, 2.05) is 13.8 Å². The summed E-state index contributed by atoms with van der Waals surface area (Å²) in [5, 5.41) is 0. The molecule has 0 bridgehead atoms. The van der Waals surface area contributed by atoms with Gasteiger partial charge in [0.1, 0.15) is 11.4 Å². The van der Waals surface area contributed by atoms with Crippen molar-refractivity contribution in [1.82, 2.24) is 0 Å². The molecule has 2 rings (SSSR count). The lowest BCUT2D eigenvalue weighted by molar-refractivity contribution is -0.113. The van der Waals surface area contributed by atoms with Crippen LogP contribution >= 0.6 is 9.24 Å². The molecule has 120 valence electrons. The van der Waals surface area contributed by atoms with Crippen molar-refractivity contribution in [3.05, 3.63) is 35.4 Å². The summed E-state index contributed by atoms with van der Waals surface area (Å²) in [6, 6.07) is 4.25. The van der Waals surface area contributed by atoms with Gasteiger partial charge in [0.25, 0.3) is 5.66 Å². The molecule has 1 heterocycles. The summed E-state index contributed by atoms with van der Waals surface area (Å²) in [7, 11) is 1.52. The number of hydrogen-bond acceptors (Lipinski definition) is 2. The van der Waals surface area contributed by atoms with Crippen LogP contribution in [-0.2, 0) is 10.5 Å². The lowest BCUT2D eigenvalue weighted by atomic mass is 9.83. The lowest BCUT2D eigenvalue weighted by Crippen LogP contribution is -2.38. The Morgan fingerprint density at radius 2 is 2.09 bits per heavy atom. The van der Waals surface area contributed by atoms with Gasteiger partial charge in [-0.2, -0.15) is 8.78 Å². The zero-order chi connectivity index (χ0) is 16.5. The number of primary amides is 1. The fourth-order valence-electron chi connectivity index (χ4n) is 2.74. The van der Waals surface area contributed by atoms with Crippen LogP contribution in [0.25, 0.3) is 5.57 Å².